The Bertz CT molecular complexity index is 467. The van der Waals surface area contributed by atoms with Crippen LogP contribution in [0.3, 0.4) is 0 Å². The molecule has 0 radical (unpaired) electrons. The zero-order valence-electron chi connectivity index (χ0n) is 9.16. The van der Waals surface area contributed by atoms with E-state index in [-0.39, 0.29) is 0 Å². The van der Waals surface area contributed by atoms with Gasteiger partial charge in [-0.15, -0.1) is 0 Å². The normalized spacial score (nSPS) is 11.7. The molecule has 0 saturated heterocycles. The Hall–Kier alpha value is -0.910. The molecule has 84 valence electrons. The van der Waals surface area contributed by atoms with Crippen LogP contribution in [0.15, 0.2) is 17.0 Å². The number of rotatable bonds is 3. The fourth-order valence-corrected chi connectivity index (χ4v) is 2.50. The second-order valence-electron chi connectivity index (χ2n) is 3.45. The van der Waals surface area contributed by atoms with Gasteiger partial charge >= 0.3 is 0 Å². The zero-order chi connectivity index (χ0) is 11.6. The SMILES string of the molecule is CNS(=O)(=O)c1cc(CN)cc(C)c1C. The molecular formula is C10H16N2O2S. The van der Waals surface area contributed by atoms with Crippen LogP contribution in [0.4, 0.5) is 0 Å². The summed E-state index contributed by atoms with van der Waals surface area (Å²) in [5.74, 6) is 0. The number of benzene rings is 1. The number of aryl methyl sites for hydroxylation is 1. The van der Waals surface area contributed by atoms with Crippen LogP contribution in [-0.2, 0) is 16.6 Å². The van der Waals surface area contributed by atoms with E-state index in [0.29, 0.717) is 11.4 Å². The van der Waals surface area contributed by atoms with Crippen molar-refractivity contribution >= 4 is 10.0 Å². The molecule has 0 bridgehead atoms. The molecular weight excluding hydrogens is 212 g/mol. The van der Waals surface area contributed by atoms with Crippen LogP contribution in [0.25, 0.3) is 0 Å². The van der Waals surface area contributed by atoms with Gasteiger partial charge in [-0.3, -0.25) is 0 Å². The summed E-state index contributed by atoms with van der Waals surface area (Å²) >= 11 is 0. The highest BCUT2D eigenvalue weighted by Gasteiger charge is 2.16. The lowest BCUT2D eigenvalue weighted by Crippen LogP contribution is -2.20. The van der Waals surface area contributed by atoms with Crippen molar-refractivity contribution in [2.75, 3.05) is 7.05 Å². The van der Waals surface area contributed by atoms with Gasteiger partial charge < -0.3 is 5.73 Å². The minimum atomic E-state index is -3.39. The predicted octanol–water partition coefficient (Wildman–Crippen LogP) is 0.670. The van der Waals surface area contributed by atoms with E-state index in [4.69, 9.17) is 5.73 Å². The molecule has 0 aliphatic rings. The third kappa shape index (κ3) is 2.37. The van der Waals surface area contributed by atoms with Gasteiger partial charge in [-0.25, -0.2) is 13.1 Å². The molecule has 1 aromatic rings. The highest BCUT2D eigenvalue weighted by Crippen LogP contribution is 2.20. The first-order valence-electron chi connectivity index (χ1n) is 4.66. The van der Waals surface area contributed by atoms with Gasteiger partial charge in [-0.1, -0.05) is 6.07 Å². The van der Waals surface area contributed by atoms with Crippen molar-refractivity contribution in [2.45, 2.75) is 25.3 Å². The van der Waals surface area contributed by atoms with Crippen molar-refractivity contribution in [3.63, 3.8) is 0 Å². The summed E-state index contributed by atoms with van der Waals surface area (Å²) in [4.78, 5) is 0.311. The minimum absolute atomic E-state index is 0.311. The Balaban J connectivity index is 3.48. The van der Waals surface area contributed by atoms with Crippen molar-refractivity contribution in [1.29, 1.82) is 0 Å². The molecule has 4 nitrogen and oxygen atoms in total. The molecule has 1 aromatic carbocycles. The lowest BCUT2D eigenvalue weighted by atomic mass is 10.1. The van der Waals surface area contributed by atoms with Crippen LogP contribution in [0.5, 0.6) is 0 Å². The number of nitrogens with one attached hydrogen (secondary N) is 1. The monoisotopic (exact) mass is 228 g/mol. The van der Waals surface area contributed by atoms with Crippen LogP contribution in [0.2, 0.25) is 0 Å². The Kier molecular flexibility index (Phi) is 3.49. The van der Waals surface area contributed by atoms with E-state index in [1.54, 1.807) is 13.0 Å². The number of nitrogens with two attached hydrogens (primary N) is 1. The van der Waals surface area contributed by atoms with Crippen LogP contribution >= 0.6 is 0 Å². The van der Waals surface area contributed by atoms with E-state index in [1.807, 2.05) is 13.0 Å². The smallest absolute Gasteiger partial charge is 0.240 e. The molecule has 15 heavy (non-hydrogen) atoms. The van der Waals surface area contributed by atoms with Crippen LogP contribution in [0.1, 0.15) is 16.7 Å². The first kappa shape index (κ1) is 12.2. The molecule has 1 rings (SSSR count). The van der Waals surface area contributed by atoms with Gasteiger partial charge in [0.2, 0.25) is 10.0 Å². The fourth-order valence-electron chi connectivity index (χ4n) is 1.41. The van der Waals surface area contributed by atoms with E-state index in [1.165, 1.54) is 7.05 Å². The average molecular weight is 228 g/mol. The predicted molar refractivity (Wildman–Crippen MR) is 60.1 cm³/mol. The maximum Gasteiger partial charge on any atom is 0.240 e. The Labute approximate surface area is 90.5 Å². The van der Waals surface area contributed by atoms with E-state index >= 15 is 0 Å². The summed E-state index contributed by atoms with van der Waals surface area (Å²) in [6, 6.07) is 3.53. The van der Waals surface area contributed by atoms with Gasteiger partial charge in [-0.2, -0.15) is 0 Å². The lowest BCUT2D eigenvalue weighted by Gasteiger charge is -2.11. The first-order valence-corrected chi connectivity index (χ1v) is 6.14. The standard InChI is InChI=1S/C10H16N2O2S/c1-7-4-9(6-11)5-10(8(7)2)15(13,14)12-3/h4-5,12H,6,11H2,1-3H3. The molecule has 0 aromatic heterocycles. The van der Waals surface area contributed by atoms with Gasteiger partial charge in [-0.05, 0) is 43.7 Å². The molecule has 3 N–H and O–H groups in total. The summed E-state index contributed by atoms with van der Waals surface area (Å²) in [5, 5.41) is 0. The number of hydrogen-bond acceptors (Lipinski definition) is 3. The molecule has 5 heteroatoms. The summed E-state index contributed by atoms with van der Waals surface area (Å²) in [6.45, 7) is 4.01. The van der Waals surface area contributed by atoms with Crippen LogP contribution in [-0.4, -0.2) is 15.5 Å². The van der Waals surface area contributed by atoms with Crippen molar-refractivity contribution < 1.29 is 8.42 Å². The van der Waals surface area contributed by atoms with Gasteiger partial charge in [0.15, 0.2) is 0 Å². The maximum absolute atomic E-state index is 11.7. The third-order valence-electron chi connectivity index (χ3n) is 2.47. The van der Waals surface area contributed by atoms with E-state index in [9.17, 15) is 8.42 Å². The summed E-state index contributed by atoms with van der Waals surface area (Å²) in [7, 11) is -1.99. The quantitative estimate of drug-likeness (QED) is 0.798. The summed E-state index contributed by atoms with van der Waals surface area (Å²) in [5.41, 5.74) is 8.04. The first-order chi connectivity index (χ1) is 6.92. The van der Waals surface area contributed by atoms with Gasteiger partial charge in [0.1, 0.15) is 0 Å². The second-order valence-corrected chi connectivity index (χ2v) is 5.30. The highest BCUT2D eigenvalue weighted by atomic mass is 32.2. The van der Waals surface area contributed by atoms with Crippen LogP contribution < -0.4 is 10.5 Å². The number of sulfonamides is 1. The molecule has 0 aliphatic heterocycles. The summed E-state index contributed by atoms with van der Waals surface area (Å²) < 4.78 is 25.7. The Morgan fingerprint density at radius 2 is 1.93 bits per heavy atom. The molecule has 0 aliphatic carbocycles. The van der Waals surface area contributed by atoms with Gasteiger partial charge in [0.25, 0.3) is 0 Å². The van der Waals surface area contributed by atoms with E-state index in [2.05, 4.69) is 4.72 Å². The molecule has 0 saturated carbocycles. The molecule has 0 atom stereocenters. The largest absolute Gasteiger partial charge is 0.326 e. The Morgan fingerprint density at radius 1 is 1.33 bits per heavy atom. The van der Waals surface area contributed by atoms with Crippen molar-refractivity contribution in [3.05, 3.63) is 28.8 Å². The molecule has 0 spiro atoms. The van der Waals surface area contributed by atoms with Crippen molar-refractivity contribution in [1.82, 2.24) is 4.72 Å². The zero-order valence-corrected chi connectivity index (χ0v) is 9.98. The van der Waals surface area contributed by atoms with Gasteiger partial charge in [0.05, 0.1) is 4.90 Å². The fraction of sp³-hybridized carbons (Fsp3) is 0.400. The molecule has 0 fully saturated rings. The third-order valence-corrected chi connectivity index (χ3v) is 4.01. The van der Waals surface area contributed by atoms with E-state index in [0.717, 1.165) is 16.7 Å². The maximum atomic E-state index is 11.7. The topological polar surface area (TPSA) is 72.2 Å². The second kappa shape index (κ2) is 4.30. The highest BCUT2D eigenvalue weighted by molar-refractivity contribution is 7.89. The number of hydrogen-bond donors (Lipinski definition) is 2. The van der Waals surface area contributed by atoms with Crippen molar-refractivity contribution in [3.8, 4) is 0 Å². The summed E-state index contributed by atoms with van der Waals surface area (Å²) in [6.07, 6.45) is 0. The van der Waals surface area contributed by atoms with Crippen molar-refractivity contribution in [2.24, 2.45) is 5.73 Å². The lowest BCUT2D eigenvalue weighted by molar-refractivity contribution is 0.587. The van der Waals surface area contributed by atoms with Crippen LogP contribution in [0, 0.1) is 13.8 Å². The minimum Gasteiger partial charge on any atom is -0.326 e. The molecule has 0 heterocycles. The molecule has 0 unspecified atom stereocenters. The Morgan fingerprint density at radius 3 is 2.40 bits per heavy atom. The van der Waals surface area contributed by atoms with Gasteiger partial charge in [0, 0.05) is 6.54 Å². The molecule has 0 amide bonds. The van der Waals surface area contributed by atoms with E-state index < -0.39 is 10.0 Å². The average Bonchev–Trinajstić information content (AvgIpc) is 2.21.